The summed E-state index contributed by atoms with van der Waals surface area (Å²) in [7, 11) is 0. The first-order valence-electron chi connectivity index (χ1n) is 5.83. The molecule has 3 aromatic rings. The van der Waals surface area contributed by atoms with E-state index in [2.05, 4.69) is 15.2 Å². The van der Waals surface area contributed by atoms with Crippen LogP contribution in [0.5, 0.6) is 0 Å². The molecule has 0 spiro atoms. The van der Waals surface area contributed by atoms with Gasteiger partial charge in [-0.25, -0.2) is 4.98 Å². The van der Waals surface area contributed by atoms with Crippen LogP contribution in [0.1, 0.15) is 0 Å². The largest absolute Gasteiger partial charge is 0.232 e. The summed E-state index contributed by atoms with van der Waals surface area (Å²) in [5.41, 5.74) is 3.45. The molecule has 1 heterocycles. The molecule has 0 bridgehead atoms. The maximum absolute atomic E-state index is 6.02. The summed E-state index contributed by atoms with van der Waals surface area (Å²) < 4.78 is 0. The van der Waals surface area contributed by atoms with Gasteiger partial charge in [0.25, 0.3) is 0 Å². The Hall–Kier alpha value is -2.26. The van der Waals surface area contributed by atoms with Crippen LogP contribution in [0.25, 0.3) is 22.5 Å². The number of hydrogen-bond acceptors (Lipinski definition) is 3. The molecule has 3 nitrogen and oxygen atoms in total. The van der Waals surface area contributed by atoms with Crippen molar-refractivity contribution in [2.75, 3.05) is 0 Å². The highest BCUT2D eigenvalue weighted by molar-refractivity contribution is 6.30. The summed E-state index contributed by atoms with van der Waals surface area (Å²) in [6.45, 7) is 0. The van der Waals surface area contributed by atoms with Gasteiger partial charge in [0, 0.05) is 16.1 Å². The molecule has 0 fully saturated rings. The van der Waals surface area contributed by atoms with Crippen LogP contribution in [0, 0.1) is 0 Å². The van der Waals surface area contributed by atoms with Gasteiger partial charge in [0.2, 0.25) is 0 Å². The summed E-state index contributed by atoms with van der Waals surface area (Å²) >= 11 is 6.02. The van der Waals surface area contributed by atoms with Crippen LogP contribution in [0.15, 0.2) is 60.9 Å². The summed E-state index contributed by atoms with van der Waals surface area (Å²) in [5, 5.41) is 8.74. The molecule has 0 amide bonds. The van der Waals surface area contributed by atoms with Crippen molar-refractivity contribution < 1.29 is 0 Å². The molecule has 4 heteroatoms. The molecule has 2 aromatic carbocycles. The Balaban J connectivity index is 2.18. The highest BCUT2D eigenvalue weighted by Gasteiger charge is 2.10. The Morgan fingerprint density at radius 1 is 0.789 bits per heavy atom. The molecular formula is C15H10ClN3. The van der Waals surface area contributed by atoms with Crippen LogP contribution in [-0.2, 0) is 0 Å². The molecule has 0 aliphatic rings. The minimum atomic E-state index is 0.669. The van der Waals surface area contributed by atoms with Gasteiger partial charge in [0.15, 0.2) is 0 Å². The van der Waals surface area contributed by atoms with E-state index in [1.54, 1.807) is 0 Å². The second kappa shape index (κ2) is 5.16. The number of benzene rings is 2. The van der Waals surface area contributed by atoms with Gasteiger partial charge in [-0.3, -0.25) is 0 Å². The maximum atomic E-state index is 6.02. The van der Waals surface area contributed by atoms with Crippen LogP contribution in [0.3, 0.4) is 0 Å². The van der Waals surface area contributed by atoms with Gasteiger partial charge in [-0.15, -0.1) is 10.2 Å². The van der Waals surface area contributed by atoms with Gasteiger partial charge >= 0.3 is 0 Å². The fourth-order valence-electron chi connectivity index (χ4n) is 1.91. The van der Waals surface area contributed by atoms with E-state index in [0.29, 0.717) is 5.02 Å². The van der Waals surface area contributed by atoms with Crippen molar-refractivity contribution in [3.8, 4) is 22.5 Å². The number of halogens is 1. The van der Waals surface area contributed by atoms with Gasteiger partial charge < -0.3 is 0 Å². The zero-order valence-electron chi connectivity index (χ0n) is 9.99. The number of nitrogens with zero attached hydrogens (tertiary/aromatic N) is 3. The third-order valence-corrected chi connectivity index (χ3v) is 3.00. The zero-order valence-corrected chi connectivity index (χ0v) is 10.7. The Bertz CT molecular complexity index is 699. The molecule has 0 radical (unpaired) electrons. The second-order valence-electron chi connectivity index (χ2n) is 4.03. The fourth-order valence-corrected chi connectivity index (χ4v) is 2.10. The van der Waals surface area contributed by atoms with Crippen molar-refractivity contribution in [2.24, 2.45) is 0 Å². The standard InChI is InChI=1S/C15H10ClN3/c16-13-8-4-7-12(9-13)15-14(17-10-18-19-15)11-5-2-1-3-6-11/h1-10H. The van der Waals surface area contributed by atoms with Crippen molar-refractivity contribution in [3.63, 3.8) is 0 Å². The van der Waals surface area contributed by atoms with Crippen LogP contribution < -0.4 is 0 Å². The minimum Gasteiger partial charge on any atom is -0.232 e. The van der Waals surface area contributed by atoms with Gasteiger partial charge in [0.1, 0.15) is 17.7 Å². The fraction of sp³-hybridized carbons (Fsp3) is 0. The van der Waals surface area contributed by atoms with Crippen molar-refractivity contribution in [3.05, 3.63) is 65.9 Å². The molecule has 0 N–H and O–H groups in total. The van der Waals surface area contributed by atoms with Crippen molar-refractivity contribution >= 4 is 11.6 Å². The topological polar surface area (TPSA) is 38.7 Å². The normalized spacial score (nSPS) is 10.4. The average molecular weight is 268 g/mol. The van der Waals surface area contributed by atoms with Crippen molar-refractivity contribution in [2.45, 2.75) is 0 Å². The zero-order chi connectivity index (χ0) is 13.1. The predicted molar refractivity (Wildman–Crippen MR) is 75.7 cm³/mol. The Labute approximate surface area is 115 Å². The lowest BCUT2D eigenvalue weighted by Crippen LogP contribution is -1.95. The maximum Gasteiger partial charge on any atom is 0.138 e. The molecule has 0 saturated carbocycles. The molecule has 0 aliphatic heterocycles. The Kier molecular flexibility index (Phi) is 3.21. The van der Waals surface area contributed by atoms with Crippen LogP contribution in [0.2, 0.25) is 5.02 Å². The summed E-state index contributed by atoms with van der Waals surface area (Å²) in [6, 6.07) is 17.4. The lowest BCUT2D eigenvalue weighted by atomic mass is 10.0. The first-order valence-corrected chi connectivity index (χ1v) is 6.21. The number of hydrogen-bond donors (Lipinski definition) is 0. The molecule has 0 atom stereocenters. The van der Waals surface area contributed by atoms with Gasteiger partial charge in [-0.1, -0.05) is 54.1 Å². The van der Waals surface area contributed by atoms with E-state index in [-0.39, 0.29) is 0 Å². The smallest absolute Gasteiger partial charge is 0.138 e. The first kappa shape index (κ1) is 11.8. The lowest BCUT2D eigenvalue weighted by molar-refractivity contribution is 0.981. The second-order valence-corrected chi connectivity index (χ2v) is 4.47. The average Bonchev–Trinajstić information content (AvgIpc) is 2.48. The summed E-state index contributed by atoms with van der Waals surface area (Å²) in [5.74, 6) is 0. The number of rotatable bonds is 2. The highest BCUT2D eigenvalue weighted by Crippen LogP contribution is 2.28. The van der Waals surface area contributed by atoms with E-state index in [1.165, 1.54) is 6.33 Å². The molecule has 92 valence electrons. The summed E-state index contributed by atoms with van der Waals surface area (Å²) in [6.07, 6.45) is 1.45. The van der Waals surface area contributed by atoms with Gasteiger partial charge in [-0.05, 0) is 12.1 Å². The predicted octanol–water partition coefficient (Wildman–Crippen LogP) is 3.86. The summed E-state index contributed by atoms with van der Waals surface area (Å²) in [4.78, 5) is 4.34. The van der Waals surface area contributed by atoms with E-state index in [1.807, 2.05) is 54.6 Å². The number of aromatic nitrogens is 3. The molecule has 0 aliphatic carbocycles. The van der Waals surface area contributed by atoms with E-state index >= 15 is 0 Å². The minimum absolute atomic E-state index is 0.669. The van der Waals surface area contributed by atoms with E-state index in [9.17, 15) is 0 Å². The molecular weight excluding hydrogens is 258 g/mol. The van der Waals surface area contributed by atoms with Gasteiger partial charge in [0.05, 0.1) is 0 Å². The van der Waals surface area contributed by atoms with Crippen LogP contribution >= 0.6 is 11.6 Å². The van der Waals surface area contributed by atoms with E-state index < -0.39 is 0 Å². The monoisotopic (exact) mass is 267 g/mol. The molecule has 0 unspecified atom stereocenters. The molecule has 3 rings (SSSR count). The first-order chi connectivity index (χ1) is 9.34. The van der Waals surface area contributed by atoms with Crippen LogP contribution in [0.4, 0.5) is 0 Å². The lowest BCUT2D eigenvalue weighted by Gasteiger charge is -2.06. The third-order valence-electron chi connectivity index (χ3n) is 2.77. The molecule has 19 heavy (non-hydrogen) atoms. The van der Waals surface area contributed by atoms with Gasteiger partial charge in [-0.2, -0.15) is 0 Å². The van der Waals surface area contributed by atoms with E-state index in [4.69, 9.17) is 11.6 Å². The third kappa shape index (κ3) is 2.46. The van der Waals surface area contributed by atoms with Crippen molar-refractivity contribution in [1.82, 2.24) is 15.2 Å². The Morgan fingerprint density at radius 2 is 1.58 bits per heavy atom. The molecule has 1 aromatic heterocycles. The Morgan fingerprint density at radius 3 is 2.37 bits per heavy atom. The molecule has 0 saturated heterocycles. The van der Waals surface area contributed by atoms with Crippen molar-refractivity contribution in [1.29, 1.82) is 0 Å². The van der Waals surface area contributed by atoms with E-state index in [0.717, 1.165) is 22.5 Å². The SMILES string of the molecule is Clc1cccc(-c2nncnc2-c2ccccc2)c1. The highest BCUT2D eigenvalue weighted by atomic mass is 35.5. The quantitative estimate of drug-likeness (QED) is 0.708. The van der Waals surface area contributed by atoms with Crippen LogP contribution in [-0.4, -0.2) is 15.2 Å².